The minimum atomic E-state index is -0.0238. The molecule has 3 nitrogen and oxygen atoms in total. The summed E-state index contributed by atoms with van der Waals surface area (Å²) in [5.41, 5.74) is 1.15. The molecule has 0 spiro atoms. The van der Waals surface area contributed by atoms with E-state index in [1.54, 1.807) is 0 Å². The summed E-state index contributed by atoms with van der Waals surface area (Å²) in [7, 11) is 0. The number of hydrogen-bond donors (Lipinski definition) is 1. The van der Waals surface area contributed by atoms with Gasteiger partial charge in [-0.25, -0.2) is 4.79 Å². The first kappa shape index (κ1) is 18.5. The van der Waals surface area contributed by atoms with Crippen LogP contribution in [0.1, 0.15) is 26.3 Å². The molecule has 3 rings (SSSR count). The maximum Gasteiger partial charge on any atom is 0.317 e. The fraction of sp³-hybridized carbons (Fsp3) is 0.318. The second-order valence-electron chi connectivity index (χ2n) is 6.99. The topological polar surface area (TPSA) is 32.3 Å². The van der Waals surface area contributed by atoms with Gasteiger partial charge in [-0.2, -0.15) is 0 Å². The van der Waals surface area contributed by atoms with Gasteiger partial charge in [-0.3, -0.25) is 0 Å². The van der Waals surface area contributed by atoms with Crippen LogP contribution in [0.25, 0.3) is 21.5 Å². The summed E-state index contributed by atoms with van der Waals surface area (Å²) < 4.78 is 0. The Kier molecular flexibility index (Phi) is 5.67. The van der Waals surface area contributed by atoms with Crippen molar-refractivity contribution < 1.29 is 4.79 Å². The molecule has 2 amide bonds. The molecule has 0 fully saturated rings. The van der Waals surface area contributed by atoms with E-state index in [0.29, 0.717) is 25.6 Å². The summed E-state index contributed by atoms with van der Waals surface area (Å²) in [6, 6.07) is 16.3. The smallest absolute Gasteiger partial charge is 0.317 e. The molecule has 0 unspecified atom stereocenters. The molecule has 3 aromatic rings. The monoisotopic (exact) mass is 368 g/mol. The van der Waals surface area contributed by atoms with Crippen molar-refractivity contribution in [2.75, 3.05) is 13.1 Å². The van der Waals surface area contributed by atoms with E-state index in [1.165, 1.54) is 0 Å². The first-order valence-electron chi connectivity index (χ1n) is 9.13. The summed E-state index contributed by atoms with van der Waals surface area (Å²) in [6.07, 6.45) is 0. The van der Waals surface area contributed by atoms with Crippen molar-refractivity contribution >= 4 is 39.2 Å². The molecule has 0 radical (unpaired) electrons. The molecular formula is C22H25ClN2O. The van der Waals surface area contributed by atoms with Gasteiger partial charge in [0.2, 0.25) is 0 Å². The zero-order chi connectivity index (χ0) is 18.7. The highest BCUT2D eigenvalue weighted by Gasteiger charge is 2.19. The van der Waals surface area contributed by atoms with Crippen molar-refractivity contribution in [3.63, 3.8) is 0 Å². The second-order valence-corrected chi connectivity index (χ2v) is 7.37. The van der Waals surface area contributed by atoms with E-state index in [-0.39, 0.29) is 6.03 Å². The van der Waals surface area contributed by atoms with Gasteiger partial charge in [-0.05, 0) is 29.2 Å². The number of carbonyl (C=O) groups is 1. The van der Waals surface area contributed by atoms with Gasteiger partial charge in [0.15, 0.2) is 0 Å². The van der Waals surface area contributed by atoms with Gasteiger partial charge in [-0.15, -0.1) is 0 Å². The fourth-order valence-corrected chi connectivity index (χ4v) is 3.78. The molecule has 0 aromatic heterocycles. The third kappa shape index (κ3) is 3.63. The van der Waals surface area contributed by atoms with Crippen LogP contribution in [-0.2, 0) is 6.54 Å². The Bertz CT molecular complexity index is 879. The molecule has 0 aliphatic carbocycles. The van der Waals surface area contributed by atoms with Crippen LogP contribution in [0.2, 0.25) is 5.02 Å². The lowest BCUT2D eigenvalue weighted by Crippen LogP contribution is -2.41. The van der Waals surface area contributed by atoms with E-state index in [4.69, 9.17) is 11.6 Å². The molecule has 1 N–H and O–H groups in total. The largest absolute Gasteiger partial charge is 0.338 e. The predicted octanol–water partition coefficient (Wildman–Crippen LogP) is 5.83. The Balaban J connectivity index is 2.18. The lowest BCUT2D eigenvalue weighted by Gasteiger charge is -2.26. The highest BCUT2D eigenvalue weighted by Crippen LogP contribution is 2.36. The Hall–Kier alpha value is -2.26. The summed E-state index contributed by atoms with van der Waals surface area (Å²) in [4.78, 5) is 14.5. The highest BCUT2D eigenvalue weighted by molar-refractivity contribution is 6.41. The van der Waals surface area contributed by atoms with E-state index < -0.39 is 0 Å². The lowest BCUT2D eigenvalue weighted by molar-refractivity contribution is 0.189. The van der Waals surface area contributed by atoms with Gasteiger partial charge in [0.05, 0.1) is 5.02 Å². The van der Waals surface area contributed by atoms with Crippen molar-refractivity contribution in [3.8, 4) is 0 Å². The predicted molar refractivity (Wildman–Crippen MR) is 111 cm³/mol. The average molecular weight is 369 g/mol. The van der Waals surface area contributed by atoms with Crippen LogP contribution in [0, 0.1) is 5.92 Å². The van der Waals surface area contributed by atoms with E-state index in [0.717, 1.165) is 32.1 Å². The van der Waals surface area contributed by atoms with Gasteiger partial charge in [0, 0.05) is 30.4 Å². The van der Waals surface area contributed by atoms with E-state index in [9.17, 15) is 4.79 Å². The molecule has 136 valence electrons. The molecule has 0 aliphatic heterocycles. The third-order valence-electron chi connectivity index (χ3n) is 4.53. The molecule has 0 aliphatic rings. The zero-order valence-corrected chi connectivity index (χ0v) is 16.3. The van der Waals surface area contributed by atoms with Crippen LogP contribution < -0.4 is 5.32 Å². The Labute approximate surface area is 159 Å². The number of hydrogen-bond acceptors (Lipinski definition) is 1. The van der Waals surface area contributed by atoms with Crippen LogP contribution in [0.15, 0.2) is 48.5 Å². The molecule has 0 bridgehead atoms. The van der Waals surface area contributed by atoms with Crippen LogP contribution in [0.3, 0.4) is 0 Å². The van der Waals surface area contributed by atoms with Crippen molar-refractivity contribution in [3.05, 3.63) is 59.1 Å². The number of nitrogens with one attached hydrogen (secondary N) is 1. The Morgan fingerprint density at radius 1 is 1.00 bits per heavy atom. The van der Waals surface area contributed by atoms with Gasteiger partial charge in [0.1, 0.15) is 0 Å². The summed E-state index contributed by atoms with van der Waals surface area (Å²) in [6.45, 7) is 8.09. The van der Waals surface area contributed by atoms with E-state index >= 15 is 0 Å². The van der Waals surface area contributed by atoms with Gasteiger partial charge in [0.25, 0.3) is 0 Å². The van der Waals surface area contributed by atoms with Gasteiger partial charge < -0.3 is 10.2 Å². The van der Waals surface area contributed by atoms with Crippen molar-refractivity contribution in [2.24, 2.45) is 5.92 Å². The van der Waals surface area contributed by atoms with Gasteiger partial charge in [-0.1, -0.05) is 74.0 Å². The number of fused-ring (bicyclic) bond motifs is 2. The van der Waals surface area contributed by atoms with Crippen molar-refractivity contribution in [1.82, 2.24) is 10.2 Å². The molecule has 26 heavy (non-hydrogen) atoms. The summed E-state index contributed by atoms with van der Waals surface area (Å²) in [5, 5.41) is 7.98. The van der Waals surface area contributed by atoms with Gasteiger partial charge >= 0.3 is 6.03 Å². The zero-order valence-electron chi connectivity index (χ0n) is 15.6. The molecule has 3 aromatic carbocycles. The molecule has 0 heterocycles. The van der Waals surface area contributed by atoms with Crippen molar-refractivity contribution in [1.29, 1.82) is 0 Å². The van der Waals surface area contributed by atoms with Crippen LogP contribution in [0.5, 0.6) is 0 Å². The number of nitrogens with zero attached hydrogens (tertiary/aromatic N) is 1. The molecule has 0 saturated heterocycles. The maximum atomic E-state index is 12.6. The molecule has 0 atom stereocenters. The number of carbonyl (C=O) groups excluding carboxylic acids is 1. The quantitative estimate of drug-likeness (QED) is 0.564. The van der Waals surface area contributed by atoms with E-state index in [1.807, 2.05) is 48.2 Å². The van der Waals surface area contributed by atoms with Crippen molar-refractivity contribution in [2.45, 2.75) is 27.3 Å². The second kappa shape index (κ2) is 7.96. The van der Waals surface area contributed by atoms with E-state index in [2.05, 4.69) is 31.3 Å². The minimum absolute atomic E-state index is 0.0238. The van der Waals surface area contributed by atoms with Crippen LogP contribution >= 0.6 is 11.6 Å². The average Bonchev–Trinajstić information content (AvgIpc) is 2.64. The molecule has 0 saturated carbocycles. The first-order valence-corrected chi connectivity index (χ1v) is 9.51. The number of urea groups is 1. The number of benzene rings is 3. The lowest BCUT2D eigenvalue weighted by atomic mass is 9.96. The normalized spacial score (nSPS) is 11.3. The molecule has 4 heteroatoms. The van der Waals surface area contributed by atoms with Crippen LogP contribution in [-0.4, -0.2) is 24.0 Å². The highest BCUT2D eigenvalue weighted by atomic mass is 35.5. The Morgan fingerprint density at radius 2 is 1.50 bits per heavy atom. The maximum absolute atomic E-state index is 12.6. The standard InChI is InChI=1S/C22H25ClN2O/c1-4-24-22(26)25(13-15(2)3)14-20-16-9-5-7-11-18(16)21(23)19-12-8-6-10-17(19)20/h5-12,15H,4,13-14H2,1-3H3,(H,24,26). The minimum Gasteiger partial charge on any atom is -0.338 e. The molecular weight excluding hydrogens is 344 g/mol. The summed E-state index contributed by atoms with van der Waals surface area (Å²) >= 11 is 6.69. The first-order chi connectivity index (χ1) is 12.5. The Morgan fingerprint density at radius 3 is 1.96 bits per heavy atom. The number of halogens is 1. The van der Waals surface area contributed by atoms with Crippen LogP contribution in [0.4, 0.5) is 4.79 Å². The third-order valence-corrected chi connectivity index (χ3v) is 4.93. The number of amides is 2. The SMILES string of the molecule is CCNC(=O)N(Cc1c2ccccc2c(Cl)c2ccccc12)CC(C)C. The summed E-state index contributed by atoms with van der Waals surface area (Å²) in [5.74, 6) is 0.391. The number of rotatable bonds is 5. The fourth-order valence-electron chi connectivity index (χ4n) is 3.45.